The van der Waals surface area contributed by atoms with Gasteiger partial charge in [-0.3, -0.25) is 9.18 Å². The first kappa shape index (κ1) is 11.7. The smallest absolute Gasteiger partial charge is 0.320 e. The molecule has 0 saturated heterocycles. The highest BCUT2D eigenvalue weighted by Crippen LogP contribution is 2.07. The monoisotopic (exact) mass is 211 g/mol. The van der Waals surface area contributed by atoms with Gasteiger partial charge in [-0.05, 0) is 17.5 Å². The summed E-state index contributed by atoms with van der Waals surface area (Å²) in [5, 5.41) is 8.61. The van der Waals surface area contributed by atoms with E-state index in [4.69, 9.17) is 10.8 Å². The van der Waals surface area contributed by atoms with Crippen LogP contribution in [0.1, 0.15) is 11.1 Å². The molecule has 0 radical (unpaired) electrons. The molecule has 1 rings (SSSR count). The highest BCUT2D eigenvalue weighted by molar-refractivity contribution is 5.73. The Morgan fingerprint density at radius 2 is 1.87 bits per heavy atom. The molecule has 1 aromatic rings. The van der Waals surface area contributed by atoms with Gasteiger partial charge in [-0.25, -0.2) is 0 Å². The van der Waals surface area contributed by atoms with E-state index in [0.29, 0.717) is 12.8 Å². The van der Waals surface area contributed by atoms with Crippen molar-refractivity contribution < 1.29 is 14.3 Å². The van der Waals surface area contributed by atoms with Gasteiger partial charge < -0.3 is 10.8 Å². The second-order valence-corrected chi connectivity index (χ2v) is 3.40. The Morgan fingerprint density at radius 1 is 1.33 bits per heavy atom. The van der Waals surface area contributed by atoms with Crippen molar-refractivity contribution in [2.24, 2.45) is 5.73 Å². The molecule has 0 unspecified atom stereocenters. The summed E-state index contributed by atoms with van der Waals surface area (Å²) in [5.74, 6) is -1.01. The fourth-order valence-electron chi connectivity index (χ4n) is 1.29. The van der Waals surface area contributed by atoms with Gasteiger partial charge in [0, 0.05) is 6.42 Å². The summed E-state index contributed by atoms with van der Waals surface area (Å²) in [6.45, 7) is -0.381. The average Bonchev–Trinajstić information content (AvgIpc) is 2.21. The van der Waals surface area contributed by atoms with Crippen molar-refractivity contribution in [2.75, 3.05) is 6.67 Å². The molecule has 0 aliphatic carbocycles. The predicted molar refractivity (Wildman–Crippen MR) is 55.4 cm³/mol. The second kappa shape index (κ2) is 5.46. The summed E-state index contributed by atoms with van der Waals surface area (Å²) in [6, 6.07) is 6.28. The van der Waals surface area contributed by atoms with E-state index in [1.807, 2.05) is 0 Å². The maximum atomic E-state index is 12.0. The first-order chi connectivity index (χ1) is 7.13. The van der Waals surface area contributed by atoms with Crippen LogP contribution in [0, 0.1) is 0 Å². The molecule has 0 amide bonds. The highest BCUT2D eigenvalue weighted by Gasteiger charge is 2.11. The number of hydrogen-bond acceptors (Lipinski definition) is 2. The van der Waals surface area contributed by atoms with Crippen molar-refractivity contribution in [3.05, 3.63) is 35.4 Å². The van der Waals surface area contributed by atoms with E-state index < -0.39 is 12.0 Å². The van der Waals surface area contributed by atoms with Crippen LogP contribution in [0.4, 0.5) is 4.39 Å². The van der Waals surface area contributed by atoms with E-state index in [-0.39, 0.29) is 6.67 Å². The lowest BCUT2D eigenvalue weighted by Crippen LogP contribution is -2.32. The van der Waals surface area contributed by atoms with Crippen LogP contribution in [-0.2, 0) is 17.6 Å². The number of benzene rings is 1. The van der Waals surface area contributed by atoms with Crippen LogP contribution in [0.15, 0.2) is 24.3 Å². The first-order valence-electron chi connectivity index (χ1n) is 4.75. The molecule has 0 spiro atoms. The van der Waals surface area contributed by atoms with Crippen LogP contribution in [0.25, 0.3) is 0 Å². The number of carbonyl (C=O) groups is 1. The summed E-state index contributed by atoms with van der Waals surface area (Å²) in [7, 11) is 0. The lowest BCUT2D eigenvalue weighted by Gasteiger charge is -2.06. The van der Waals surface area contributed by atoms with Gasteiger partial charge in [0.15, 0.2) is 0 Å². The van der Waals surface area contributed by atoms with Crippen molar-refractivity contribution in [1.29, 1.82) is 0 Å². The molecule has 0 heterocycles. The van der Waals surface area contributed by atoms with Crippen molar-refractivity contribution in [2.45, 2.75) is 18.9 Å². The lowest BCUT2D eigenvalue weighted by molar-refractivity contribution is -0.138. The molecule has 1 aromatic carbocycles. The molecular formula is C11H14FNO2. The molecule has 0 saturated carbocycles. The Bertz CT molecular complexity index is 324. The topological polar surface area (TPSA) is 63.3 Å². The number of hydrogen-bond donors (Lipinski definition) is 2. The third kappa shape index (κ3) is 3.67. The number of aliphatic carboxylic acids is 1. The molecule has 82 valence electrons. The van der Waals surface area contributed by atoms with Gasteiger partial charge in [-0.1, -0.05) is 24.3 Å². The summed E-state index contributed by atoms with van der Waals surface area (Å²) in [4.78, 5) is 10.5. The Kier molecular flexibility index (Phi) is 4.24. The van der Waals surface area contributed by atoms with Gasteiger partial charge in [-0.15, -0.1) is 0 Å². The maximum Gasteiger partial charge on any atom is 0.320 e. The van der Waals surface area contributed by atoms with Crippen molar-refractivity contribution in [3.63, 3.8) is 0 Å². The molecule has 0 aromatic heterocycles. The standard InChI is InChI=1S/C11H14FNO2/c12-6-5-8-1-3-9(4-2-8)7-10(13)11(14)15/h1-4,10H,5-7,13H2,(H,14,15)/t10-/m1/s1. The van der Waals surface area contributed by atoms with Crippen LogP contribution in [-0.4, -0.2) is 23.8 Å². The number of rotatable bonds is 5. The molecule has 0 aliphatic rings. The molecule has 15 heavy (non-hydrogen) atoms. The van der Waals surface area contributed by atoms with Gasteiger partial charge >= 0.3 is 5.97 Å². The molecule has 1 atom stereocenters. The Morgan fingerprint density at radius 3 is 2.33 bits per heavy atom. The minimum Gasteiger partial charge on any atom is -0.480 e. The Balaban J connectivity index is 2.60. The zero-order chi connectivity index (χ0) is 11.3. The SMILES string of the molecule is N[C@H](Cc1ccc(CCF)cc1)C(=O)O. The van der Waals surface area contributed by atoms with Crippen molar-refractivity contribution >= 4 is 5.97 Å². The highest BCUT2D eigenvalue weighted by atomic mass is 19.1. The average molecular weight is 211 g/mol. The lowest BCUT2D eigenvalue weighted by atomic mass is 10.0. The third-order valence-corrected chi connectivity index (χ3v) is 2.18. The van der Waals surface area contributed by atoms with Gasteiger partial charge in [0.25, 0.3) is 0 Å². The first-order valence-corrected chi connectivity index (χ1v) is 4.75. The van der Waals surface area contributed by atoms with Crippen molar-refractivity contribution in [1.82, 2.24) is 0 Å². The van der Waals surface area contributed by atoms with Crippen LogP contribution in [0.5, 0.6) is 0 Å². The van der Waals surface area contributed by atoms with Crippen LogP contribution < -0.4 is 5.73 Å². The maximum absolute atomic E-state index is 12.0. The number of alkyl halides is 1. The molecule has 4 heteroatoms. The summed E-state index contributed by atoms with van der Waals surface area (Å²) < 4.78 is 12.0. The fourth-order valence-corrected chi connectivity index (χ4v) is 1.29. The molecule has 3 N–H and O–H groups in total. The fraction of sp³-hybridized carbons (Fsp3) is 0.364. The zero-order valence-electron chi connectivity index (χ0n) is 8.32. The molecule has 0 fully saturated rings. The molecular weight excluding hydrogens is 197 g/mol. The van der Waals surface area contributed by atoms with Gasteiger partial charge in [-0.2, -0.15) is 0 Å². The molecule has 0 aliphatic heterocycles. The number of aryl methyl sites for hydroxylation is 1. The van der Waals surface area contributed by atoms with E-state index >= 15 is 0 Å². The predicted octanol–water partition coefficient (Wildman–Crippen LogP) is 1.15. The number of halogens is 1. The summed E-state index contributed by atoms with van der Waals surface area (Å²) in [6.07, 6.45) is 0.691. The summed E-state index contributed by atoms with van der Waals surface area (Å²) >= 11 is 0. The van der Waals surface area contributed by atoms with Gasteiger partial charge in [0.1, 0.15) is 6.04 Å². The van der Waals surface area contributed by atoms with Crippen LogP contribution in [0.2, 0.25) is 0 Å². The quantitative estimate of drug-likeness (QED) is 0.768. The van der Waals surface area contributed by atoms with Crippen LogP contribution >= 0.6 is 0 Å². The van der Waals surface area contributed by atoms with Crippen molar-refractivity contribution in [3.8, 4) is 0 Å². The second-order valence-electron chi connectivity index (χ2n) is 3.40. The number of nitrogens with two attached hydrogens (primary N) is 1. The van der Waals surface area contributed by atoms with Gasteiger partial charge in [0.2, 0.25) is 0 Å². The van der Waals surface area contributed by atoms with E-state index in [1.54, 1.807) is 24.3 Å². The molecule has 0 bridgehead atoms. The largest absolute Gasteiger partial charge is 0.480 e. The normalized spacial score (nSPS) is 12.4. The Labute approximate surface area is 87.7 Å². The van der Waals surface area contributed by atoms with E-state index in [0.717, 1.165) is 11.1 Å². The number of carboxylic acid groups (broad SMARTS) is 1. The van der Waals surface area contributed by atoms with Crippen LogP contribution in [0.3, 0.4) is 0 Å². The third-order valence-electron chi connectivity index (χ3n) is 2.18. The molecule has 3 nitrogen and oxygen atoms in total. The van der Waals surface area contributed by atoms with Gasteiger partial charge in [0.05, 0.1) is 6.67 Å². The zero-order valence-corrected chi connectivity index (χ0v) is 8.32. The minimum atomic E-state index is -1.01. The van der Waals surface area contributed by atoms with E-state index in [1.165, 1.54) is 0 Å². The van der Waals surface area contributed by atoms with E-state index in [2.05, 4.69) is 0 Å². The summed E-state index contributed by atoms with van der Waals surface area (Å²) in [5.41, 5.74) is 7.15. The number of carboxylic acids is 1. The van der Waals surface area contributed by atoms with E-state index in [9.17, 15) is 9.18 Å². The Hall–Kier alpha value is -1.42. The minimum absolute atomic E-state index is 0.297.